The van der Waals surface area contributed by atoms with Gasteiger partial charge in [0.25, 0.3) is 15.9 Å². The molecule has 2 aromatic carbocycles. The zero-order valence-corrected chi connectivity index (χ0v) is 19.2. The lowest BCUT2D eigenvalue weighted by atomic mass is 10.2. The minimum Gasteiger partial charge on any atom is -0.462 e. The fourth-order valence-corrected chi connectivity index (χ4v) is 5.89. The highest BCUT2D eigenvalue weighted by Gasteiger charge is 2.24. The fraction of sp³-hybridized carbons (Fsp3) is 0.143. The Morgan fingerprint density at radius 1 is 1.10 bits per heavy atom. The highest BCUT2D eigenvalue weighted by molar-refractivity contribution is 7.99. The minimum atomic E-state index is -4.02. The molecule has 7 nitrogen and oxygen atoms in total. The molecule has 1 heterocycles. The number of ether oxygens (including phenoxy) is 1. The molecule has 0 radical (unpaired) electrons. The molecule has 162 valence electrons. The van der Waals surface area contributed by atoms with Gasteiger partial charge in [-0.3, -0.25) is 4.79 Å². The number of benzene rings is 2. The summed E-state index contributed by atoms with van der Waals surface area (Å²) in [5, 5.41) is 0.415. The van der Waals surface area contributed by atoms with Gasteiger partial charge in [0.05, 0.1) is 22.0 Å². The lowest BCUT2D eigenvalue weighted by Crippen LogP contribution is -2.30. The van der Waals surface area contributed by atoms with Crippen LogP contribution in [0.4, 0.5) is 5.00 Å². The third-order valence-corrected chi connectivity index (χ3v) is 8.09. The zero-order valence-electron chi connectivity index (χ0n) is 16.7. The zero-order chi connectivity index (χ0) is 22.6. The number of thiophene rings is 1. The molecule has 0 aliphatic carbocycles. The highest BCUT2D eigenvalue weighted by atomic mass is 32.2. The van der Waals surface area contributed by atoms with Crippen LogP contribution in [0.2, 0.25) is 0 Å². The summed E-state index contributed by atoms with van der Waals surface area (Å²) < 4.78 is 32.2. The van der Waals surface area contributed by atoms with Crippen LogP contribution in [0.15, 0.2) is 69.3 Å². The molecule has 0 atom stereocenters. The van der Waals surface area contributed by atoms with Gasteiger partial charge in [0, 0.05) is 4.90 Å². The lowest BCUT2D eigenvalue weighted by molar-refractivity contribution is 0.0531. The van der Waals surface area contributed by atoms with Crippen LogP contribution in [-0.2, 0) is 14.8 Å². The monoisotopic (exact) mass is 476 g/mol. The summed E-state index contributed by atoms with van der Waals surface area (Å²) in [6.07, 6.45) is 0. The maximum absolute atomic E-state index is 12.8. The van der Waals surface area contributed by atoms with Gasteiger partial charge in [-0.15, -0.1) is 11.3 Å². The van der Waals surface area contributed by atoms with Gasteiger partial charge in [-0.05, 0) is 43.7 Å². The van der Waals surface area contributed by atoms with Crippen LogP contribution in [0.25, 0.3) is 0 Å². The molecule has 0 bridgehead atoms. The Bertz CT molecular complexity index is 1220. The maximum Gasteiger partial charge on any atom is 0.348 e. The third kappa shape index (κ3) is 5.09. The molecule has 10 heteroatoms. The van der Waals surface area contributed by atoms with Gasteiger partial charge in [0.1, 0.15) is 9.88 Å². The summed E-state index contributed by atoms with van der Waals surface area (Å²) in [7, 11) is -4.02. The van der Waals surface area contributed by atoms with E-state index in [2.05, 4.69) is 4.72 Å². The summed E-state index contributed by atoms with van der Waals surface area (Å²) in [6, 6.07) is 14.2. The molecule has 3 aromatic rings. The van der Waals surface area contributed by atoms with Gasteiger partial charge in [0.2, 0.25) is 0 Å². The van der Waals surface area contributed by atoms with Gasteiger partial charge in [-0.1, -0.05) is 42.1 Å². The van der Waals surface area contributed by atoms with E-state index >= 15 is 0 Å². The quantitative estimate of drug-likeness (QED) is 0.494. The molecule has 3 rings (SSSR count). The van der Waals surface area contributed by atoms with E-state index in [1.807, 2.05) is 0 Å². The van der Waals surface area contributed by atoms with E-state index in [9.17, 15) is 18.0 Å². The number of amides is 1. The smallest absolute Gasteiger partial charge is 0.348 e. The second-order valence-electron chi connectivity index (χ2n) is 6.32. The summed E-state index contributed by atoms with van der Waals surface area (Å²) in [5.41, 5.74) is 6.95. The molecule has 3 N–H and O–H groups in total. The average molecular weight is 477 g/mol. The summed E-state index contributed by atoms with van der Waals surface area (Å²) in [6.45, 7) is 3.72. The van der Waals surface area contributed by atoms with Crippen LogP contribution in [-0.4, -0.2) is 26.9 Å². The Morgan fingerprint density at radius 3 is 2.42 bits per heavy atom. The Labute approximate surface area is 188 Å². The molecule has 1 amide bonds. The first-order chi connectivity index (χ1) is 14.7. The minimum absolute atomic E-state index is 0.00881. The van der Waals surface area contributed by atoms with Crippen LogP contribution in [0.3, 0.4) is 0 Å². The number of rotatable bonds is 7. The summed E-state index contributed by atoms with van der Waals surface area (Å²) >= 11 is 2.31. The normalized spacial score (nSPS) is 11.2. The van der Waals surface area contributed by atoms with E-state index < -0.39 is 21.9 Å². The van der Waals surface area contributed by atoms with Crippen LogP contribution >= 0.6 is 23.1 Å². The molecule has 0 aliphatic heterocycles. The molecular formula is C21H20N2O5S3. The van der Waals surface area contributed by atoms with Crippen molar-refractivity contribution in [1.82, 2.24) is 4.72 Å². The first-order valence-corrected chi connectivity index (χ1v) is 12.3. The van der Waals surface area contributed by atoms with Gasteiger partial charge in [-0.25, -0.2) is 17.9 Å². The van der Waals surface area contributed by atoms with Crippen LogP contribution < -0.4 is 10.5 Å². The van der Waals surface area contributed by atoms with E-state index in [-0.39, 0.29) is 17.1 Å². The first kappa shape index (κ1) is 22.9. The first-order valence-electron chi connectivity index (χ1n) is 9.19. The Hall–Kier alpha value is -2.82. The number of nitrogens with two attached hydrogens (primary N) is 1. The van der Waals surface area contributed by atoms with E-state index in [4.69, 9.17) is 10.5 Å². The predicted octanol–water partition coefficient (Wildman–Crippen LogP) is 4.09. The molecule has 0 aliphatic rings. The van der Waals surface area contributed by atoms with Crippen LogP contribution in [0.5, 0.6) is 0 Å². The van der Waals surface area contributed by atoms with Crippen molar-refractivity contribution in [3.8, 4) is 0 Å². The predicted molar refractivity (Wildman–Crippen MR) is 121 cm³/mol. The topological polar surface area (TPSA) is 116 Å². The number of nitrogen functional groups attached to an aromatic ring is 1. The number of anilines is 1. The number of esters is 1. The molecular weight excluding hydrogens is 456 g/mol. The number of carbonyl (C=O) groups is 2. The van der Waals surface area contributed by atoms with Gasteiger partial charge in [0.15, 0.2) is 0 Å². The summed E-state index contributed by atoms with van der Waals surface area (Å²) in [5.74, 6) is -1.22. The number of hydrogen-bond donors (Lipinski definition) is 2. The van der Waals surface area contributed by atoms with Crippen molar-refractivity contribution >= 4 is 50.0 Å². The van der Waals surface area contributed by atoms with Crippen LogP contribution in [0, 0.1) is 6.92 Å². The van der Waals surface area contributed by atoms with Crippen molar-refractivity contribution in [3.05, 3.63) is 70.6 Å². The second-order valence-corrected chi connectivity index (χ2v) is 10.1. The molecule has 1 aromatic heterocycles. The van der Waals surface area contributed by atoms with E-state index in [1.165, 1.54) is 30.0 Å². The molecule has 0 saturated carbocycles. The Kier molecular flexibility index (Phi) is 7.04. The number of nitrogens with one attached hydrogen (secondary N) is 1. The maximum atomic E-state index is 12.8. The van der Waals surface area contributed by atoms with Crippen molar-refractivity contribution in [1.29, 1.82) is 0 Å². The van der Waals surface area contributed by atoms with E-state index in [1.54, 1.807) is 50.2 Å². The van der Waals surface area contributed by atoms with Crippen molar-refractivity contribution in [2.75, 3.05) is 12.3 Å². The van der Waals surface area contributed by atoms with Crippen LogP contribution in [0.1, 0.15) is 32.5 Å². The lowest BCUT2D eigenvalue weighted by Gasteiger charge is -2.11. The summed E-state index contributed by atoms with van der Waals surface area (Å²) in [4.78, 5) is 26.5. The highest BCUT2D eigenvalue weighted by Crippen LogP contribution is 2.42. The fourth-order valence-electron chi connectivity index (χ4n) is 2.73. The SMILES string of the molecule is CCOC(=O)c1sc(N)c(Sc2ccccc2C(=O)NS(=O)(=O)c2ccccc2)c1C. The van der Waals surface area contributed by atoms with Crippen molar-refractivity contribution in [2.45, 2.75) is 28.5 Å². The average Bonchev–Trinajstić information content (AvgIpc) is 3.03. The molecule has 0 fully saturated rings. The molecule has 0 saturated heterocycles. The van der Waals surface area contributed by atoms with Gasteiger partial charge in [-0.2, -0.15) is 0 Å². The van der Waals surface area contributed by atoms with E-state index in [0.717, 1.165) is 11.3 Å². The Balaban J connectivity index is 1.90. The van der Waals surface area contributed by atoms with Gasteiger partial charge >= 0.3 is 5.97 Å². The largest absolute Gasteiger partial charge is 0.462 e. The third-order valence-electron chi connectivity index (χ3n) is 4.20. The number of carbonyl (C=O) groups excluding carboxylic acids is 2. The number of hydrogen-bond acceptors (Lipinski definition) is 8. The molecule has 0 unspecified atom stereocenters. The van der Waals surface area contributed by atoms with Crippen molar-refractivity contribution in [2.24, 2.45) is 0 Å². The number of sulfonamides is 1. The van der Waals surface area contributed by atoms with Crippen molar-refractivity contribution < 1.29 is 22.7 Å². The van der Waals surface area contributed by atoms with E-state index in [0.29, 0.717) is 25.2 Å². The molecule has 0 spiro atoms. The molecule has 31 heavy (non-hydrogen) atoms. The van der Waals surface area contributed by atoms with Crippen molar-refractivity contribution in [3.63, 3.8) is 0 Å². The second kappa shape index (κ2) is 9.54. The Morgan fingerprint density at radius 2 is 1.74 bits per heavy atom. The standard InChI is InChI=1S/C21H20N2O5S3/c1-3-28-21(25)18-13(2)17(19(22)30-18)29-16-12-8-7-11-15(16)20(24)23-31(26,27)14-9-5-4-6-10-14/h4-12H,3,22H2,1-2H3,(H,23,24). The van der Waals surface area contributed by atoms with Gasteiger partial charge < -0.3 is 10.5 Å².